The number of carbonyl (C=O) groups excluding carboxylic acids is 1. The second-order valence-corrected chi connectivity index (χ2v) is 10.3. The zero-order chi connectivity index (χ0) is 19.2. The summed E-state index contributed by atoms with van der Waals surface area (Å²) in [5.41, 5.74) is 2.99. The van der Waals surface area contributed by atoms with E-state index >= 15 is 0 Å². The van der Waals surface area contributed by atoms with Gasteiger partial charge in [0.2, 0.25) is 0 Å². The Hall–Kier alpha value is -1.36. The molecule has 0 saturated heterocycles. The molecule has 2 bridgehead atoms. The molecule has 3 aliphatic rings. The summed E-state index contributed by atoms with van der Waals surface area (Å²) in [6, 6.07) is 2.45. The Bertz CT molecular complexity index is 726. The molecule has 1 aromatic heterocycles. The highest BCUT2D eigenvalue weighted by Crippen LogP contribution is 2.65. The van der Waals surface area contributed by atoms with Gasteiger partial charge >= 0.3 is 6.03 Å². The van der Waals surface area contributed by atoms with Crippen LogP contribution in [0.2, 0.25) is 0 Å². The Balaban J connectivity index is 1.47. The van der Waals surface area contributed by atoms with E-state index in [1.807, 2.05) is 0 Å². The zero-order valence-electron chi connectivity index (χ0n) is 17.1. The van der Waals surface area contributed by atoms with Crippen molar-refractivity contribution in [2.75, 3.05) is 6.54 Å². The highest BCUT2D eigenvalue weighted by atomic mass is 32.1. The number of hydrogen-bond donors (Lipinski definition) is 1. The number of hydrazone groups is 1. The van der Waals surface area contributed by atoms with Crippen molar-refractivity contribution in [1.29, 1.82) is 0 Å². The SMILES string of the molecule is CCCCC1=NN(C(=O)N[C@H]2C[C@@H]3CC[C@]2(C)C3(C)C)CC1c1ccsc1. The van der Waals surface area contributed by atoms with Crippen LogP contribution in [0, 0.1) is 16.7 Å². The van der Waals surface area contributed by atoms with Gasteiger partial charge in [-0.3, -0.25) is 0 Å². The average molecular weight is 388 g/mol. The molecule has 5 heteroatoms. The van der Waals surface area contributed by atoms with E-state index in [1.165, 1.54) is 24.1 Å². The van der Waals surface area contributed by atoms with Crippen LogP contribution in [-0.4, -0.2) is 29.3 Å². The lowest BCUT2D eigenvalue weighted by molar-refractivity contribution is 0.118. The van der Waals surface area contributed by atoms with E-state index in [0.29, 0.717) is 12.0 Å². The number of hydrogen-bond acceptors (Lipinski definition) is 3. The van der Waals surface area contributed by atoms with Crippen molar-refractivity contribution >= 4 is 23.1 Å². The van der Waals surface area contributed by atoms with Crippen LogP contribution in [-0.2, 0) is 0 Å². The molecule has 148 valence electrons. The molecular weight excluding hydrogens is 354 g/mol. The van der Waals surface area contributed by atoms with E-state index in [-0.39, 0.29) is 23.4 Å². The monoisotopic (exact) mass is 387 g/mol. The first-order valence-electron chi connectivity index (χ1n) is 10.5. The molecule has 0 radical (unpaired) electrons. The van der Waals surface area contributed by atoms with Crippen molar-refractivity contribution in [2.45, 2.75) is 78.2 Å². The normalized spacial score (nSPS) is 34.1. The number of thiophene rings is 1. The maximum absolute atomic E-state index is 13.1. The molecule has 4 rings (SSSR count). The minimum atomic E-state index is -0.00342. The molecule has 4 nitrogen and oxygen atoms in total. The summed E-state index contributed by atoms with van der Waals surface area (Å²) in [6.45, 7) is 10.0. The summed E-state index contributed by atoms with van der Waals surface area (Å²) >= 11 is 1.72. The largest absolute Gasteiger partial charge is 0.338 e. The van der Waals surface area contributed by atoms with Gasteiger partial charge < -0.3 is 5.32 Å². The minimum absolute atomic E-state index is 0.00342. The Morgan fingerprint density at radius 3 is 2.81 bits per heavy atom. The van der Waals surface area contributed by atoms with Crippen molar-refractivity contribution in [3.8, 4) is 0 Å². The van der Waals surface area contributed by atoms with Gasteiger partial charge in [-0.25, -0.2) is 9.80 Å². The van der Waals surface area contributed by atoms with Gasteiger partial charge in [0.15, 0.2) is 0 Å². The van der Waals surface area contributed by atoms with Gasteiger partial charge in [-0.2, -0.15) is 16.4 Å². The Labute approximate surface area is 167 Å². The molecule has 2 saturated carbocycles. The molecule has 27 heavy (non-hydrogen) atoms. The summed E-state index contributed by atoms with van der Waals surface area (Å²) in [4.78, 5) is 13.1. The number of carbonyl (C=O) groups is 1. The molecule has 0 spiro atoms. The number of urea groups is 1. The standard InChI is InChI=1S/C22H33N3OS/c1-5-6-7-18-17(15-9-11-27-14-15)13-25(24-18)20(26)23-19-12-16-8-10-22(19,4)21(16,2)3/h9,11,14,16-17,19H,5-8,10,12-13H2,1-4H3,(H,23,26)/t16-,17?,19-,22-/m0/s1. The van der Waals surface area contributed by atoms with E-state index in [1.54, 1.807) is 16.3 Å². The van der Waals surface area contributed by atoms with E-state index in [4.69, 9.17) is 5.10 Å². The molecular formula is C22H33N3OS. The van der Waals surface area contributed by atoms with E-state index in [9.17, 15) is 4.79 Å². The van der Waals surface area contributed by atoms with Gasteiger partial charge in [-0.05, 0) is 71.2 Å². The highest BCUT2D eigenvalue weighted by Gasteiger charge is 2.61. The number of amides is 2. The molecule has 1 N–H and O–H groups in total. The number of unbranched alkanes of at least 4 members (excludes halogenated alkanes) is 1. The first kappa shape index (κ1) is 19.0. The predicted molar refractivity (Wildman–Crippen MR) is 112 cm³/mol. The second-order valence-electron chi connectivity index (χ2n) is 9.50. The molecule has 2 amide bonds. The van der Waals surface area contributed by atoms with Crippen LogP contribution in [0.3, 0.4) is 0 Å². The smallest absolute Gasteiger partial charge is 0.333 e. The van der Waals surface area contributed by atoms with Gasteiger partial charge in [0, 0.05) is 17.7 Å². The molecule has 1 aliphatic heterocycles. The fraction of sp³-hybridized carbons (Fsp3) is 0.727. The van der Waals surface area contributed by atoms with Gasteiger partial charge in [0.05, 0.1) is 6.54 Å². The van der Waals surface area contributed by atoms with Crippen LogP contribution in [0.25, 0.3) is 0 Å². The first-order chi connectivity index (χ1) is 12.9. The third-order valence-corrected chi connectivity index (χ3v) is 8.77. The van der Waals surface area contributed by atoms with Gasteiger partial charge in [-0.1, -0.05) is 34.1 Å². The molecule has 2 aliphatic carbocycles. The second kappa shape index (κ2) is 6.91. The average Bonchev–Trinajstić information content (AvgIpc) is 3.37. The maximum Gasteiger partial charge on any atom is 0.338 e. The van der Waals surface area contributed by atoms with Crippen LogP contribution >= 0.6 is 11.3 Å². The summed E-state index contributed by atoms with van der Waals surface area (Å²) in [5.74, 6) is 0.995. The van der Waals surface area contributed by atoms with Gasteiger partial charge in [0.1, 0.15) is 0 Å². The van der Waals surface area contributed by atoms with Crippen molar-refractivity contribution in [1.82, 2.24) is 10.3 Å². The van der Waals surface area contributed by atoms with Crippen molar-refractivity contribution in [3.05, 3.63) is 22.4 Å². The molecule has 4 atom stereocenters. The Morgan fingerprint density at radius 1 is 1.41 bits per heavy atom. The van der Waals surface area contributed by atoms with Crippen LogP contribution in [0.4, 0.5) is 4.79 Å². The zero-order valence-corrected chi connectivity index (χ0v) is 17.9. The lowest BCUT2D eigenvalue weighted by atomic mass is 9.69. The number of nitrogens with zero attached hydrogens (tertiary/aromatic N) is 2. The summed E-state index contributed by atoms with van der Waals surface area (Å²) in [5, 5.41) is 14.2. The predicted octanol–water partition coefficient (Wildman–Crippen LogP) is 5.62. The molecule has 0 aromatic carbocycles. The number of rotatable bonds is 5. The third kappa shape index (κ3) is 3.02. The summed E-state index contributed by atoms with van der Waals surface area (Å²) in [7, 11) is 0. The molecule has 1 aromatic rings. The van der Waals surface area contributed by atoms with E-state index < -0.39 is 0 Å². The van der Waals surface area contributed by atoms with Gasteiger partial charge in [-0.15, -0.1) is 0 Å². The fourth-order valence-electron chi connectivity index (χ4n) is 5.67. The van der Waals surface area contributed by atoms with Crippen LogP contribution in [0.5, 0.6) is 0 Å². The highest BCUT2D eigenvalue weighted by molar-refractivity contribution is 7.08. The quantitative estimate of drug-likeness (QED) is 0.700. The minimum Gasteiger partial charge on any atom is -0.333 e. The lowest BCUT2D eigenvalue weighted by Crippen LogP contribution is -2.50. The maximum atomic E-state index is 13.1. The van der Waals surface area contributed by atoms with Crippen molar-refractivity contribution in [2.24, 2.45) is 21.8 Å². The van der Waals surface area contributed by atoms with Gasteiger partial charge in [0.25, 0.3) is 0 Å². The molecule has 1 unspecified atom stereocenters. The van der Waals surface area contributed by atoms with Crippen LogP contribution in [0.1, 0.15) is 77.7 Å². The Morgan fingerprint density at radius 2 is 2.22 bits per heavy atom. The van der Waals surface area contributed by atoms with Crippen molar-refractivity contribution in [3.63, 3.8) is 0 Å². The third-order valence-electron chi connectivity index (χ3n) is 8.07. The first-order valence-corrected chi connectivity index (χ1v) is 11.5. The summed E-state index contributed by atoms with van der Waals surface area (Å²) in [6.07, 6.45) is 6.90. The summed E-state index contributed by atoms with van der Waals surface area (Å²) < 4.78 is 0. The lowest BCUT2D eigenvalue weighted by Gasteiger charge is -2.39. The van der Waals surface area contributed by atoms with E-state index in [0.717, 1.165) is 31.6 Å². The topological polar surface area (TPSA) is 44.7 Å². The van der Waals surface area contributed by atoms with Crippen LogP contribution in [0.15, 0.2) is 21.9 Å². The van der Waals surface area contributed by atoms with Crippen molar-refractivity contribution < 1.29 is 4.79 Å². The molecule has 2 fully saturated rings. The number of fused-ring (bicyclic) bond motifs is 2. The van der Waals surface area contributed by atoms with Crippen LogP contribution < -0.4 is 5.32 Å². The van der Waals surface area contributed by atoms with E-state index in [2.05, 4.69) is 49.8 Å². The molecule has 2 heterocycles. The number of nitrogens with one attached hydrogen (secondary N) is 1. The fourth-order valence-corrected chi connectivity index (χ4v) is 6.39. The Kier molecular flexibility index (Phi) is 4.86.